The van der Waals surface area contributed by atoms with E-state index in [-0.39, 0.29) is 0 Å². The largest absolute Gasteiger partial charge is 0.340 e. The van der Waals surface area contributed by atoms with Gasteiger partial charge in [-0.2, -0.15) is 0 Å². The summed E-state index contributed by atoms with van der Waals surface area (Å²) in [4.78, 5) is 24.9. The summed E-state index contributed by atoms with van der Waals surface area (Å²) in [7, 11) is 0. The molecule has 0 unspecified atom stereocenters. The maximum Gasteiger partial charge on any atom is 0.210 e. The summed E-state index contributed by atoms with van der Waals surface area (Å²) in [5, 5.41) is 0. The molecule has 0 aromatic heterocycles. The number of carbonyl (C=O) groups excluding carboxylic acids is 2. The highest BCUT2D eigenvalue weighted by Crippen LogP contribution is 2.15. The Bertz CT molecular complexity index is 297. The first-order chi connectivity index (χ1) is 7.22. The first kappa shape index (κ1) is 11.5. The smallest absolute Gasteiger partial charge is 0.210 e. The third-order valence-corrected chi connectivity index (χ3v) is 2.37. The third kappa shape index (κ3) is 2.68. The number of nitrogens with zero attached hydrogens (tertiary/aromatic N) is 2. The Labute approximate surface area is 89.8 Å². The van der Waals surface area contributed by atoms with Gasteiger partial charge in [0.25, 0.3) is 0 Å². The minimum Gasteiger partial charge on any atom is -0.340 e. The van der Waals surface area contributed by atoms with Gasteiger partial charge in [0, 0.05) is 18.8 Å². The second-order valence-electron chi connectivity index (χ2n) is 3.45. The van der Waals surface area contributed by atoms with Crippen LogP contribution in [0.1, 0.15) is 13.3 Å². The van der Waals surface area contributed by atoms with E-state index in [1.54, 1.807) is 4.90 Å². The van der Waals surface area contributed by atoms with Crippen molar-refractivity contribution in [2.24, 2.45) is 0 Å². The molecule has 0 aromatic carbocycles. The molecule has 15 heavy (non-hydrogen) atoms. The van der Waals surface area contributed by atoms with E-state index >= 15 is 0 Å². The van der Waals surface area contributed by atoms with E-state index < -0.39 is 0 Å². The molecule has 82 valence electrons. The fourth-order valence-electron chi connectivity index (χ4n) is 1.62. The van der Waals surface area contributed by atoms with Crippen molar-refractivity contribution in [1.82, 2.24) is 9.80 Å². The number of hydrogen-bond donors (Lipinski definition) is 0. The summed E-state index contributed by atoms with van der Waals surface area (Å²) in [5.41, 5.74) is 1.44. The van der Waals surface area contributed by atoms with Crippen LogP contribution >= 0.6 is 0 Å². The van der Waals surface area contributed by atoms with Crippen LogP contribution in [0.2, 0.25) is 0 Å². The van der Waals surface area contributed by atoms with Crippen molar-refractivity contribution < 1.29 is 9.59 Å². The van der Waals surface area contributed by atoms with E-state index in [9.17, 15) is 9.59 Å². The third-order valence-electron chi connectivity index (χ3n) is 2.37. The molecule has 0 bridgehead atoms. The normalized spacial score (nSPS) is 17.9. The Hall–Kier alpha value is -1.58. The number of rotatable bonds is 4. The fourth-order valence-corrected chi connectivity index (χ4v) is 1.62. The van der Waals surface area contributed by atoms with Gasteiger partial charge in [0.05, 0.1) is 12.2 Å². The molecule has 0 N–H and O–H groups in total. The summed E-state index contributed by atoms with van der Waals surface area (Å²) in [6.07, 6.45) is 4.34. The molecule has 1 heterocycles. The SMILES string of the molecule is C=C1CN(C=O)CCN1/C(C=O)=C\CC. The molecule has 0 radical (unpaired) electrons. The first-order valence-corrected chi connectivity index (χ1v) is 5.03. The molecule has 1 saturated heterocycles. The van der Waals surface area contributed by atoms with Crippen LogP contribution in [0.15, 0.2) is 24.0 Å². The molecule has 1 amide bonds. The monoisotopic (exact) mass is 208 g/mol. The molecule has 0 saturated carbocycles. The Balaban J connectivity index is 2.72. The van der Waals surface area contributed by atoms with Gasteiger partial charge in [0.15, 0.2) is 6.29 Å². The molecule has 1 aliphatic heterocycles. The maximum absolute atomic E-state index is 10.9. The predicted molar refractivity (Wildman–Crippen MR) is 57.9 cm³/mol. The zero-order valence-corrected chi connectivity index (χ0v) is 8.98. The molecule has 0 spiro atoms. The molecule has 1 fully saturated rings. The van der Waals surface area contributed by atoms with Gasteiger partial charge in [-0.15, -0.1) is 0 Å². The highest BCUT2D eigenvalue weighted by atomic mass is 16.1. The second kappa shape index (κ2) is 5.34. The van der Waals surface area contributed by atoms with E-state index in [2.05, 4.69) is 6.58 Å². The Kier molecular flexibility index (Phi) is 4.09. The average Bonchev–Trinajstić information content (AvgIpc) is 2.26. The van der Waals surface area contributed by atoms with Crippen LogP contribution in [-0.2, 0) is 9.59 Å². The van der Waals surface area contributed by atoms with Crippen LogP contribution < -0.4 is 0 Å². The quantitative estimate of drug-likeness (QED) is 0.506. The van der Waals surface area contributed by atoms with Gasteiger partial charge < -0.3 is 9.80 Å². The maximum atomic E-state index is 10.9. The van der Waals surface area contributed by atoms with Gasteiger partial charge in [-0.3, -0.25) is 9.59 Å². The molecule has 0 atom stereocenters. The summed E-state index contributed by atoms with van der Waals surface area (Å²) in [6.45, 7) is 7.63. The number of carbonyl (C=O) groups is 2. The molecular formula is C11H16N2O2. The highest BCUT2D eigenvalue weighted by molar-refractivity contribution is 5.73. The molecule has 1 aliphatic rings. The van der Waals surface area contributed by atoms with Crippen molar-refractivity contribution >= 4 is 12.7 Å². The van der Waals surface area contributed by atoms with Crippen LogP contribution in [0.25, 0.3) is 0 Å². The van der Waals surface area contributed by atoms with E-state index in [1.807, 2.05) is 17.9 Å². The van der Waals surface area contributed by atoms with Crippen molar-refractivity contribution in [2.45, 2.75) is 13.3 Å². The number of aldehydes is 1. The van der Waals surface area contributed by atoms with E-state index in [4.69, 9.17) is 0 Å². The van der Waals surface area contributed by atoms with Crippen molar-refractivity contribution in [3.05, 3.63) is 24.0 Å². The molecule has 4 nitrogen and oxygen atoms in total. The predicted octanol–water partition coefficient (Wildman–Crippen LogP) is 0.767. The molecule has 0 aliphatic carbocycles. The van der Waals surface area contributed by atoms with Crippen molar-refractivity contribution in [1.29, 1.82) is 0 Å². The van der Waals surface area contributed by atoms with E-state index in [0.717, 1.165) is 24.8 Å². The number of amides is 1. The zero-order valence-electron chi connectivity index (χ0n) is 8.98. The van der Waals surface area contributed by atoms with E-state index in [1.165, 1.54) is 0 Å². The van der Waals surface area contributed by atoms with Crippen molar-refractivity contribution in [2.75, 3.05) is 19.6 Å². The summed E-state index contributed by atoms with van der Waals surface area (Å²) in [5.74, 6) is 0. The van der Waals surface area contributed by atoms with Crippen molar-refractivity contribution in [3.8, 4) is 0 Å². The van der Waals surface area contributed by atoms with Crippen LogP contribution in [0.4, 0.5) is 0 Å². The first-order valence-electron chi connectivity index (χ1n) is 5.03. The number of hydrogen-bond acceptors (Lipinski definition) is 3. The van der Waals surface area contributed by atoms with Gasteiger partial charge in [-0.1, -0.05) is 19.6 Å². The lowest BCUT2D eigenvalue weighted by atomic mass is 10.2. The van der Waals surface area contributed by atoms with Gasteiger partial charge in [-0.25, -0.2) is 0 Å². The lowest BCUT2D eigenvalue weighted by Crippen LogP contribution is -2.43. The van der Waals surface area contributed by atoms with Gasteiger partial charge in [-0.05, 0) is 6.42 Å². The summed E-state index contributed by atoms with van der Waals surface area (Å²) < 4.78 is 0. The van der Waals surface area contributed by atoms with Gasteiger partial charge in [0.2, 0.25) is 6.41 Å². The lowest BCUT2D eigenvalue weighted by Gasteiger charge is -2.35. The Morgan fingerprint density at radius 2 is 2.20 bits per heavy atom. The average molecular weight is 208 g/mol. The molecular weight excluding hydrogens is 192 g/mol. The van der Waals surface area contributed by atoms with E-state index in [0.29, 0.717) is 25.3 Å². The van der Waals surface area contributed by atoms with Gasteiger partial charge >= 0.3 is 0 Å². The minimum atomic E-state index is 0.498. The van der Waals surface area contributed by atoms with Gasteiger partial charge in [0.1, 0.15) is 0 Å². The molecule has 1 rings (SSSR count). The fraction of sp³-hybridized carbons (Fsp3) is 0.455. The lowest BCUT2D eigenvalue weighted by molar-refractivity contribution is -0.118. The highest BCUT2D eigenvalue weighted by Gasteiger charge is 2.20. The minimum absolute atomic E-state index is 0.498. The zero-order chi connectivity index (χ0) is 11.3. The topological polar surface area (TPSA) is 40.6 Å². The number of piperazine rings is 1. The number of allylic oxidation sites excluding steroid dienone is 2. The van der Waals surface area contributed by atoms with Crippen LogP contribution in [-0.4, -0.2) is 42.1 Å². The second-order valence-corrected chi connectivity index (χ2v) is 3.45. The van der Waals surface area contributed by atoms with Crippen LogP contribution in [0.3, 0.4) is 0 Å². The standard InChI is InChI=1S/C11H16N2O2/c1-3-4-11(8-14)13-6-5-12(9-15)7-10(13)2/h4,8-9H,2-3,5-7H2,1H3/b11-4-. The Morgan fingerprint density at radius 1 is 1.47 bits per heavy atom. The summed E-state index contributed by atoms with van der Waals surface area (Å²) >= 11 is 0. The van der Waals surface area contributed by atoms with Crippen molar-refractivity contribution in [3.63, 3.8) is 0 Å². The molecule has 0 aromatic rings. The summed E-state index contributed by atoms with van der Waals surface area (Å²) in [6, 6.07) is 0. The molecule has 4 heteroatoms. The van der Waals surface area contributed by atoms with Crippen LogP contribution in [0, 0.1) is 0 Å². The Morgan fingerprint density at radius 3 is 2.67 bits per heavy atom. The van der Waals surface area contributed by atoms with Crippen LogP contribution in [0.5, 0.6) is 0 Å².